The standard InChI is InChI=1S/C16H15N3O2S/c1-21-15(20)13-8-5-9-14(10-13)18-16(22)19-17-11-12-6-3-2-4-7-12/h2-11H,1H3,(H2,18,19,22). The lowest BCUT2D eigenvalue weighted by Gasteiger charge is -2.08. The number of methoxy groups -OCH3 is 1. The van der Waals surface area contributed by atoms with E-state index in [-0.39, 0.29) is 0 Å². The minimum atomic E-state index is -0.398. The number of thiocarbonyl (C=S) groups is 1. The van der Waals surface area contributed by atoms with Gasteiger partial charge < -0.3 is 10.1 Å². The zero-order valence-electron chi connectivity index (χ0n) is 11.9. The van der Waals surface area contributed by atoms with Gasteiger partial charge in [-0.3, -0.25) is 5.43 Å². The first-order valence-corrected chi connectivity index (χ1v) is 6.93. The van der Waals surface area contributed by atoms with E-state index < -0.39 is 5.97 Å². The van der Waals surface area contributed by atoms with Gasteiger partial charge in [-0.2, -0.15) is 5.10 Å². The van der Waals surface area contributed by atoms with Gasteiger partial charge in [-0.25, -0.2) is 4.79 Å². The number of carbonyl (C=O) groups is 1. The highest BCUT2D eigenvalue weighted by atomic mass is 32.1. The molecule has 0 aliphatic heterocycles. The van der Waals surface area contributed by atoms with Gasteiger partial charge in [0.15, 0.2) is 5.11 Å². The summed E-state index contributed by atoms with van der Waals surface area (Å²) in [6, 6.07) is 16.5. The monoisotopic (exact) mass is 313 g/mol. The summed E-state index contributed by atoms with van der Waals surface area (Å²) >= 11 is 5.14. The van der Waals surface area contributed by atoms with E-state index in [2.05, 4.69) is 20.6 Å². The highest BCUT2D eigenvalue weighted by Crippen LogP contribution is 2.11. The maximum Gasteiger partial charge on any atom is 0.337 e. The summed E-state index contributed by atoms with van der Waals surface area (Å²) < 4.78 is 4.67. The molecule has 0 radical (unpaired) electrons. The number of nitrogens with zero attached hydrogens (tertiary/aromatic N) is 1. The lowest BCUT2D eigenvalue weighted by atomic mass is 10.2. The van der Waals surface area contributed by atoms with Crippen molar-refractivity contribution in [3.05, 3.63) is 65.7 Å². The Morgan fingerprint density at radius 1 is 1.18 bits per heavy atom. The van der Waals surface area contributed by atoms with Crippen LogP contribution in [0.5, 0.6) is 0 Å². The van der Waals surface area contributed by atoms with Gasteiger partial charge in [0, 0.05) is 5.69 Å². The highest BCUT2D eigenvalue weighted by Gasteiger charge is 2.05. The third-order valence-corrected chi connectivity index (χ3v) is 2.91. The Balaban J connectivity index is 1.92. The van der Waals surface area contributed by atoms with Crippen molar-refractivity contribution in [2.75, 3.05) is 12.4 Å². The molecule has 0 saturated carbocycles. The maximum absolute atomic E-state index is 11.5. The third-order valence-electron chi connectivity index (χ3n) is 2.72. The van der Waals surface area contributed by atoms with Crippen molar-refractivity contribution >= 4 is 35.2 Å². The third kappa shape index (κ3) is 4.68. The lowest BCUT2D eigenvalue weighted by molar-refractivity contribution is 0.0601. The molecule has 2 aromatic carbocycles. The number of hydrazone groups is 1. The number of hydrogen-bond donors (Lipinski definition) is 2. The zero-order chi connectivity index (χ0) is 15.8. The van der Waals surface area contributed by atoms with Crippen molar-refractivity contribution in [1.29, 1.82) is 0 Å². The fraction of sp³-hybridized carbons (Fsp3) is 0.0625. The van der Waals surface area contributed by atoms with Crippen LogP contribution in [0.3, 0.4) is 0 Å². The predicted molar refractivity (Wildman–Crippen MR) is 91.2 cm³/mol. The second kappa shape index (κ2) is 7.90. The van der Waals surface area contributed by atoms with E-state index in [0.29, 0.717) is 16.4 Å². The van der Waals surface area contributed by atoms with Gasteiger partial charge in [0.25, 0.3) is 0 Å². The number of ether oxygens (including phenoxy) is 1. The van der Waals surface area contributed by atoms with Crippen LogP contribution in [0.4, 0.5) is 5.69 Å². The number of anilines is 1. The zero-order valence-corrected chi connectivity index (χ0v) is 12.8. The molecule has 22 heavy (non-hydrogen) atoms. The average molecular weight is 313 g/mol. The summed E-state index contributed by atoms with van der Waals surface area (Å²) in [5.41, 5.74) is 4.80. The van der Waals surface area contributed by atoms with Crippen molar-refractivity contribution in [2.24, 2.45) is 5.10 Å². The SMILES string of the molecule is COC(=O)c1cccc(NC(=S)NN=Cc2ccccc2)c1. The van der Waals surface area contributed by atoms with Gasteiger partial charge in [0.05, 0.1) is 18.9 Å². The van der Waals surface area contributed by atoms with Gasteiger partial charge >= 0.3 is 5.97 Å². The normalized spacial score (nSPS) is 10.2. The Kier molecular flexibility index (Phi) is 5.62. The van der Waals surface area contributed by atoms with Gasteiger partial charge in [-0.15, -0.1) is 0 Å². The Hall–Kier alpha value is -2.73. The molecule has 0 fully saturated rings. The van der Waals surface area contributed by atoms with Crippen LogP contribution in [-0.4, -0.2) is 24.4 Å². The molecule has 0 spiro atoms. The van der Waals surface area contributed by atoms with Crippen LogP contribution in [0, 0.1) is 0 Å². The minimum Gasteiger partial charge on any atom is -0.465 e. The van der Waals surface area contributed by atoms with Crippen LogP contribution in [0.25, 0.3) is 0 Å². The summed E-state index contributed by atoms with van der Waals surface area (Å²) in [5.74, 6) is -0.398. The average Bonchev–Trinajstić information content (AvgIpc) is 2.55. The molecule has 2 N–H and O–H groups in total. The van der Waals surface area contributed by atoms with Gasteiger partial charge in [-0.1, -0.05) is 36.4 Å². The molecule has 0 unspecified atom stereocenters. The van der Waals surface area contributed by atoms with Crippen LogP contribution in [-0.2, 0) is 4.74 Å². The summed E-state index contributed by atoms with van der Waals surface area (Å²) in [6.07, 6.45) is 1.67. The quantitative estimate of drug-likeness (QED) is 0.393. The number of esters is 1. The predicted octanol–water partition coefficient (Wildman–Crippen LogP) is 2.79. The van der Waals surface area contributed by atoms with Crippen LogP contribution >= 0.6 is 12.2 Å². The number of benzene rings is 2. The molecule has 0 saturated heterocycles. The van der Waals surface area contributed by atoms with Gasteiger partial charge in [-0.05, 0) is 36.0 Å². The van der Waals surface area contributed by atoms with Crippen molar-refractivity contribution in [3.8, 4) is 0 Å². The van der Waals surface area contributed by atoms with E-state index in [1.807, 2.05) is 30.3 Å². The summed E-state index contributed by atoms with van der Waals surface area (Å²) in [7, 11) is 1.34. The van der Waals surface area contributed by atoms with E-state index in [4.69, 9.17) is 12.2 Å². The van der Waals surface area contributed by atoms with E-state index in [0.717, 1.165) is 5.56 Å². The van der Waals surface area contributed by atoms with Crippen LogP contribution in [0.2, 0.25) is 0 Å². The van der Waals surface area contributed by atoms with E-state index >= 15 is 0 Å². The molecular formula is C16H15N3O2S. The molecule has 2 rings (SSSR count). The molecule has 0 aliphatic rings. The van der Waals surface area contributed by atoms with Crippen molar-refractivity contribution in [2.45, 2.75) is 0 Å². The van der Waals surface area contributed by atoms with Crippen molar-refractivity contribution in [1.82, 2.24) is 5.43 Å². The molecule has 0 aliphatic carbocycles. The number of rotatable bonds is 4. The Labute approximate surface area is 134 Å². The van der Waals surface area contributed by atoms with Crippen LogP contribution in [0.1, 0.15) is 15.9 Å². The van der Waals surface area contributed by atoms with E-state index in [1.165, 1.54) is 7.11 Å². The Bertz CT molecular complexity index is 687. The molecular weight excluding hydrogens is 298 g/mol. The van der Waals surface area contributed by atoms with Crippen LogP contribution in [0.15, 0.2) is 59.7 Å². The maximum atomic E-state index is 11.5. The first kappa shape index (κ1) is 15.7. The molecule has 6 heteroatoms. The molecule has 0 aromatic heterocycles. The minimum absolute atomic E-state index is 0.328. The fourth-order valence-electron chi connectivity index (χ4n) is 1.71. The van der Waals surface area contributed by atoms with E-state index in [9.17, 15) is 4.79 Å². The smallest absolute Gasteiger partial charge is 0.337 e. The van der Waals surface area contributed by atoms with Crippen LogP contribution < -0.4 is 10.7 Å². The molecule has 0 atom stereocenters. The topological polar surface area (TPSA) is 62.7 Å². The Morgan fingerprint density at radius 2 is 1.95 bits per heavy atom. The van der Waals surface area contributed by atoms with Crippen molar-refractivity contribution in [3.63, 3.8) is 0 Å². The number of carbonyl (C=O) groups excluding carboxylic acids is 1. The summed E-state index contributed by atoms with van der Waals surface area (Å²) in [4.78, 5) is 11.5. The molecule has 0 bridgehead atoms. The summed E-state index contributed by atoms with van der Waals surface area (Å²) in [6.45, 7) is 0. The first-order chi connectivity index (χ1) is 10.7. The van der Waals surface area contributed by atoms with E-state index in [1.54, 1.807) is 30.5 Å². The molecule has 0 heterocycles. The second-order valence-electron chi connectivity index (χ2n) is 4.31. The van der Waals surface area contributed by atoms with Gasteiger partial charge in [0.1, 0.15) is 0 Å². The largest absolute Gasteiger partial charge is 0.465 e. The fourth-order valence-corrected chi connectivity index (χ4v) is 1.88. The first-order valence-electron chi connectivity index (χ1n) is 6.52. The second-order valence-corrected chi connectivity index (χ2v) is 4.72. The molecule has 112 valence electrons. The molecule has 0 amide bonds. The highest BCUT2D eigenvalue weighted by molar-refractivity contribution is 7.80. The molecule has 2 aromatic rings. The number of hydrogen-bond acceptors (Lipinski definition) is 4. The lowest BCUT2D eigenvalue weighted by Crippen LogP contribution is -2.24. The Morgan fingerprint density at radius 3 is 2.68 bits per heavy atom. The number of nitrogens with one attached hydrogen (secondary N) is 2. The summed E-state index contributed by atoms with van der Waals surface area (Å²) in [5, 5.41) is 7.32. The van der Waals surface area contributed by atoms with Crippen molar-refractivity contribution < 1.29 is 9.53 Å². The van der Waals surface area contributed by atoms with Gasteiger partial charge in [0.2, 0.25) is 0 Å². The molecule has 5 nitrogen and oxygen atoms in total.